The van der Waals surface area contributed by atoms with Crippen molar-refractivity contribution < 1.29 is 13.2 Å². The minimum atomic E-state index is -3.73. The predicted octanol–water partition coefficient (Wildman–Crippen LogP) is 4.95. The number of rotatable bonds is 4. The topological polar surface area (TPSA) is 55.4 Å². The van der Waals surface area contributed by atoms with Crippen LogP contribution in [-0.2, 0) is 15.4 Å². The molecule has 0 atom stereocenters. The third kappa shape index (κ3) is 3.68. The molecule has 0 aliphatic carbocycles. The molecule has 0 amide bonds. The van der Waals surface area contributed by atoms with Crippen LogP contribution in [0.1, 0.15) is 26.3 Å². The van der Waals surface area contributed by atoms with E-state index in [9.17, 15) is 8.42 Å². The van der Waals surface area contributed by atoms with Gasteiger partial charge in [-0.1, -0.05) is 57.2 Å². The van der Waals surface area contributed by atoms with Gasteiger partial charge in [-0.05, 0) is 46.0 Å². The normalized spacial score (nSPS) is 12.2. The van der Waals surface area contributed by atoms with E-state index in [-0.39, 0.29) is 10.3 Å². The standard InChI is InChI=1S/C21H23NO3S/c1-21(2,3)17-10-12-20(25-4)19(14-17)22-26(23,24)18-11-9-15-7-5-6-8-16(15)13-18/h5-14,22H,1-4H3. The average molecular weight is 369 g/mol. The molecule has 0 saturated carbocycles. The predicted molar refractivity (Wildman–Crippen MR) is 106 cm³/mol. The summed E-state index contributed by atoms with van der Waals surface area (Å²) in [6, 6.07) is 18.3. The Hall–Kier alpha value is -2.53. The van der Waals surface area contributed by atoms with Gasteiger partial charge in [0.2, 0.25) is 0 Å². The summed E-state index contributed by atoms with van der Waals surface area (Å²) in [5, 5.41) is 1.88. The minimum Gasteiger partial charge on any atom is -0.495 e. The third-order valence-electron chi connectivity index (χ3n) is 4.34. The first-order valence-electron chi connectivity index (χ1n) is 8.41. The average Bonchev–Trinajstić information content (AvgIpc) is 2.60. The van der Waals surface area contributed by atoms with Crippen molar-refractivity contribution in [3.05, 3.63) is 66.2 Å². The molecule has 0 saturated heterocycles. The highest BCUT2D eigenvalue weighted by Gasteiger charge is 2.20. The summed E-state index contributed by atoms with van der Waals surface area (Å²) in [6.45, 7) is 6.24. The molecule has 3 rings (SSSR count). The zero-order chi connectivity index (χ0) is 18.9. The Morgan fingerprint density at radius 1 is 0.885 bits per heavy atom. The molecule has 3 aromatic carbocycles. The number of ether oxygens (including phenoxy) is 1. The van der Waals surface area contributed by atoms with Crippen molar-refractivity contribution in [3.63, 3.8) is 0 Å². The summed E-state index contributed by atoms with van der Waals surface area (Å²) in [4.78, 5) is 0.222. The van der Waals surface area contributed by atoms with Crippen LogP contribution in [0.2, 0.25) is 0 Å². The fourth-order valence-corrected chi connectivity index (χ4v) is 3.89. The van der Waals surface area contributed by atoms with Crippen molar-refractivity contribution in [3.8, 4) is 5.75 Å². The maximum atomic E-state index is 12.9. The van der Waals surface area contributed by atoms with E-state index in [2.05, 4.69) is 25.5 Å². The number of methoxy groups -OCH3 is 1. The Bertz CT molecular complexity index is 1050. The van der Waals surface area contributed by atoms with Gasteiger partial charge in [0.05, 0.1) is 17.7 Å². The molecule has 0 heterocycles. The van der Waals surface area contributed by atoms with Gasteiger partial charge in [0, 0.05) is 0 Å². The summed E-state index contributed by atoms with van der Waals surface area (Å²) < 4.78 is 33.8. The van der Waals surface area contributed by atoms with Gasteiger partial charge in [0.25, 0.3) is 10.0 Å². The minimum absolute atomic E-state index is 0.102. The van der Waals surface area contributed by atoms with Crippen LogP contribution in [0.15, 0.2) is 65.6 Å². The number of anilines is 1. The van der Waals surface area contributed by atoms with Crippen LogP contribution in [0.5, 0.6) is 5.75 Å². The maximum Gasteiger partial charge on any atom is 0.262 e. The Morgan fingerprint density at radius 2 is 1.58 bits per heavy atom. The van der Waals surface area contributed by atoms with Gasteiger partial charge in [-0.15, -0.1) is 0 Å². The molecule has 3 aromatic rings. The van der Waals surface area contributed by atoms with E-state index in [1.165, 1.54) is 7.11 Å². The smallest absolute Gasteiger partial charge is 0.262 e. The van der Waals surface area contributed by atoms with Crippen molar-refractivity contribution in [2.75, 3.05) is 11.8 Å². The molecule has 1 N–H and O–H groups in total. The number of nitrogens with one attached hydrogen (secondary N) is 1. The van der Waals surface area contributed by atoms with Gasteiger partial charge in [-0.2, -0.15) is 0 Å². The molecule has 4 nitrogen and oxygen atoms in total. The largest absolute Gasteiger partial charge is 0.495 e. The van der Waals surface area contributed by atoms with E-state index >= 15 is 0 Å². The first kappa shape index (κ1) is 18.3. The van der Waals surface area contributed by atoms with E-state index in [1.54, 1.807) is 18.2 Å². The van der Waals surface area contributed by atoms with Gasteiger partial charge in [-0.3, -0.25) is 4.72 Å². The molecule has 5 heteroatoms. The quantitative estimate of drug-likeness (QED) is 0.708. The molecule has 0 bridgehead atoms. The van der Waals surface area contributed by atoms with Crippen LogP contribution >= 0.6 is 0 Å². The first-order chi connectivity index (χ1) is 12.2. The lowest BCUT2D eigenvalue weighted by Gasteiger charge is -2.21. The summed E-state index contributed by atoms with van der Waals surface area (Å²) in [7, 11) is -2.20. The number of fused-ring (bicyclic) bond motifs is 1. The van der Waals surface area contributed by atoms with E-state index < -0.39 is 10.0 Å². The van der Waals surface area contributed by atoms with E-state index in [1.807, 2.05) is 42.5 Å². The second-order valence-corrected chi connectivity index (χ2v) is 8.96. The number of hydrogen-bond donors (Lipinski definition) is 1. The van der Waals surface area contributed by atoms with Gasteiger partial charge in [0.15, 0.2) is 0 Å². The van der Waals surface area contributed by atoms with Crippen molar-refractivity contribution in [2.45, 2.75) is 31.1 Å². The molecule has 0 spiro atoms. The highest BCUT2D eigenvalue weighted by atomic mass is 32.2. The van der Waals surface area contributed by atoms with Crippen molar-refractivity contribution in [1.29, 1.82) is 0 Å². The lowest BCUT2D eigenvalue weighted by atomic mass is 9.87. The van der Waals surface area contributed by atoms with Crippen LogP contribution in [0.4, 0.5) is 5.69 Å². The summed E-state index contributed by atoms with van der Waals surface area (Å²) in [5.41, 5.74) is 1.36. The van der Waals surface area contributed by atoms with Crippen molar-refractivity contribution in [1.82, 2.24) is 0 Å². The zero-order valence-corrected chi connectivity index (χ0v) is 16.2. The van der Waals surface area contributed by atoms with E-state index in [0.29, 0.717) is 11.4 Å². The highest BCUT2D eigenvalue weighted by Crippen LogP contribution is 2.33. The molecule has 0 fully saturated rings. The molecular formula is C21H23NO3S. The molecule has 0 unspecified atom stereocenters. The Labute approximate surface area is 154 Å². The number of hydrogen-bond acceptors (Lipinski definition) is 3. The summed E-state index contributed by atoms with van der Waals surface area (Å²) in [6.07, 6.45) is 0. The SMILES string of the molecule is COc1ccc(C(C)(C)C)cc1NS(=O)(=O)c1ccc2ccccc2c1. The molecule has 136 valence electrons. The molecule has 0 aliphatic rings. The third-order valence-corrected chi connectivity index (χ3v) is 5.70. The van der Waals surface area contributed by atoms with E-state index in [0.717, 1.165) is 16.3 Å². The van der Waals surface area contributed by atoms with Gasteiger partial charge in [-0.25, -0.2) is 8.42 Å². The fourth-order valence-electron chi connectivity index (χ4n) is 2.79. The Morgan fingerprint density at radius 3 is 2.23 bits per heavy atom. The van der Waals surface area contributed by atoms with Crippen LogP contribution in [-0.4, -0.2) is 15.5 Å². The fraction of sp³-hybridized carbons (Fsp3) is 0.238. The lowest BCUT2D eigenvalue weighted by molar-refractivity contribution is 0.416. The summed E-state index contributed by atoms with van der Waals surface area (Å²) >= 11 is 0. The van der Waals surface area contributed by atoms with Crippen LogP contribution < -0.4 is 9.46 Å². The van der Waals surface area contributed by atoms with Crippen molar-refractivity contribution in [2.24, 2.45) is 0 Å². The van der Waals surface area contributed by atoms with Crippen LogP contribution in [0, 0.1) is 0 Å². The maximum absolute atomic E-state index is 12.9. The Kier molecular flexibility index (Phi) is 4.67. The molecule has 0 aromatic heterocycles. The molecule has 0 aliphatic heterocycles. The van der Waals surface area contributed by atoms with Gasteiger partial charge < -0.3 is 4.74 Å². The van der Waals surface area contributed by atoms with Gasteiger partial charge in [0.1, 0.15) is 5.75 Å². The molecular weight excluding hydrogens is 346 g/mol. The second-order valence-electron chi connectivity index (χ2n) is 7.28. The zero-order valence-electron chi connectivity index (χ0n) is 15.4. The van der Waals surface area contributed by atoms with Gasteiger partial charge >= 0.3 is 0 Å². The number of benzene rings is 3. The van der Waals surface area contributed by atoms with Crippen LogP contribution in [0.3, 0.4) is 0 Å². The summed E-state index contributed by atoms with van der Waals surface area (Å²) in [5.74, 6) is 0.488. The molecule has 0 radical (unpaired) electrons. The molecule has 26 heavy (non-hydrogen) atoms. The monoisotopic (exact) mass is 369 g/mol. The Balaban J connectivity index is 2.03. The van der Waals surface area contributed by atoms with Crippen molar-refractivity contribution >= 4 is 26.5 Å². The number of sulfonamides is 1. The van der Waals surface area contributed by atoms with Crippen LogP contribution in [0.25, 0.3) is 10.8 Å². The second kappa shape index (κ2) is 6.65. The lowest BCUT2D eigenvalue weighted by Crippen LogP contribution is -2.16. The first-order valence-corrected chi connectivity index (χ1v) is 9.89. The van der Waals surface area contributed by atoms with E-state index in [4.69, 9.17) is 4.74 Å². The highest BCUT2D eigenvalue weighted by molar-refractivity contribution is 7.92.